The van der Waals surface area contributed by atoms with Gasteiger partial charge in [0.2, 0.25) is 5.95 Å². The fourth-order valence-corrected chi connectivity index (χ4v) is 5.13. The normalized spacial score (nSPS) is 20.0. The zero-order chi connectivity index (χ0) is 23.6. The molecular weight excluding hydrogens is 458 g/mol. The molecule has 11 heteroatoms. The lowest BCUT2D eigenvalue weighted by atomic mass is 9.78. The van der Waals surface area contributed by atoms with Gasteiger partial charge in [-0.1, -0.05) is 5.92 Å². The number of hydrogen-bond acceptors (Lipinski definition) is 7. The number of anilines is 1. The number of nitrogens with zero attached hydrogens (tertiary/aromatic N) is 5. The molecule has 1 spiro atoms. The van der Waals surface area contributed by atoms with E-state index in [0.29, 0.717) is 33.4 Å². The fraction of sp³-hybridized carbons (Fsp3) is 0.375. The summed E-state index contributed by atoms with van der Waals surface area (Å²) in [6.07, 6.45) is 3.24. The summed E-state index contributed by atoms with van der Waals surface area (Å²) in [5, 5.41) is 8.04. The molecule has 3 aliphatic rings. The lowest BCUT2D eigenvalue weighted by molar-refractivity contribution is -0.286. The van der Waals surface area contributed by atoms with Gasteiger partial charge in [0.25, 0.3) is 0 Å². The Balaban J connectivity index is 1.22. The second-order valence-electron chi connectivity index (χ2n) is 9.20. The lowest BCUT2D eigenvalue weighted by Gasteiger charge is -2.38. The zero-order valence-electron chi connectivity index (χ0n) is 18.6. The van der Waals surface area contributed by atoms with Crippen molar-refractivity contribution < 1.29 is 23.0 Å². The van der Waals surface area contributed by atoms with E-state index in [4.69, 9.17) is 9.72 Å². The number of benzene rings is 1. The molecule has 0 bridgehead atoms. The number of ether oxygens (including phenoxy) is 3. The van der Waals surface area contributed by atoms with E-state index in [0.717, 1.165) is 51.5 Å². The number of aromatic nitrogens is 5. The number of piperidine rings is 1. The van der Waals surface area contributed by atoms with Crippen LogP contribution in [0.5, 0.6) is 11.5 Å². The first-order valence-corrected chi connectivity index (χ1v) is 11.4. The second kappa shape index (κ2) is 7.29. The van der Waals surface area contributed by atoms with E-state index in [1.807, 2.05) is 10.6 Å². The molecule has 178 valence electrons. The summed E-state index contributed by atoms with van der Waals surface area (Å²) in [7, 11) is 0. The van der Waals surface area contributed by atoms with E-state index in [1.54, 1.807) is 12.3 Å². The summed E-state index contributed by atoms with van der Waals surface area (Å²) in [5.41, 5.74) is 2.56. The predicted molar refractivity (Wildman–Crippen MR) is 121 cm³/mol. The number of H-pyrrole nitrogens is 1. The summed E-state index contributed by atoms with van der Waals surface area (Å²) in [6.45, 7) is 3.51. The van der Waals surface area contributed by atoms with Crippen LogP contribution in [0.4, 0.5) is 14.7 Å². The zero-order valence-corrected chi connectivity index (χ0v) is 18.6. The van der Waals surface area contributed by atoms with Crippen molar-refractivity contribution in [3.63, 3.8) is 0 Å². The van der Waals surface area contributed by atoms with Crippen LogP contribution in [0.2, 0.25) is 0 Å². The van der Waals surface area contributed by atoms with Gasteiger partial charge in [0.05, 0.1) is 12.0 Å². The summed E-state index contributed by atoms with van der Waals surface area (Å²) in [4.78, 5) is 11.7. The maximum absolute atomic E-state index is 13.3. The van der Waals surface area contributed by atoms with E-state index in [9.17, 15) is 8.78 Å². The molecular formula is C24H20F2N6O3. The smallest absolute Gasteiger partial charge is 0.395 e. The number of imidazole rings is 1. The minimum absolute atomic E-state index is 0.0225. The van der Waals surface area contributed by atoms with Crippen LogP contribution in [0.15, 0.2) is 30.6 Å². The molecule has 3 aromatic heterocycles. The van der Waals surface area contributed by atoms with Crippen LogP contribution in [0.25, 0.3) is 16.7 Å². The van der Waals surface area contributed by atoms with E-state index < -0.39 is 6.29 Å². The van der Waals surface area contributed by atoms with Crippen molar-refractivity contribution in [2.45, 2.75) is 25.6 Å². The molecule has 0 unspecified atom stereocenters. The Morgan fingerprint density at radius 3 is 2.74 bits per heavy atom. The van der Waals surface area contributed by atoms with Gasteiger partial charge in [-0.05, 0) is 42.7 Å². The number of halogens is 2. The number of nitrogens with one attached hydrogen (secondary N) is 1. The Hall–Kier alpha value is -3.91. The third-order valence-electron chi connectivity index (χ3n) is 7.06. The first-order valence-electron chi connectivity index (χ1n) is 11.4. The van der Waals surface area contributed by atoms with Crippen LogP contribution in [0.1, 0.15) is 30.5 Å². The molecule has 1 aromatic carbocycles. The molecule has 1 N–H and O–H groups in total. The number of aromatic amines is 1. The molecule has 2 saturated heterocycles. The van der Waals surface area contributed by atoms with Crippen LogP contribution in [-0.4, -0.2) is 57.2 Å². The largest absolute Gasteiger partial charge is 0.586 e. The summed E-state index contributed by atoms with van der Waals surface area (Å²) in [5.74, 6) is 6.71. The maximum atomic E-state index is 13.3. The molecule has 0 radical (unpaired) electrons. The first-order chi connectivity index (χ1) is 17.0. The highest BCUT2D eigenvalue weighted by molar-refractivity contribution is 5.94. The van der Waals surface area contributed by atoms with Crippen molar-refractivity contribution in [2.24, 2.45) is 5.41 Å². The molecule has 7 rings (SSSR count). The Labute approximate surface area is 198 Å². The van der Waals surface area contributed by atoms with Gasteiger partial charge in [0.1, 0.15) is 5.69 Å². The Bertz CT molecular complexity index is 1520. The van der Waals surface area contributed by atoms with Gasteiger partial charge in [-0.2, -0.15) is 10.1 Å². The van der Waals surface area contributed by atoms with Crippen molar-refractivity contribution >= 4 is 22.6 Å². The molecule has 6 heterocycles. The third-order valence-corrected chi connectivity index (χ3v) is 7.06. The Morgan fingerprint density at radius 1 is 1.06 bits per heavy atom. The average molecular weight is 478 g/mol. The molecule has 2 fully saturated rings. The topological polar surface area (TPSA) is 89.8 Å². The average Bonchev–Trinajstić information content (AvgIpc) is 3.62. The second-order valence-corrected chi connectivity index (χ2v) is 9.20. The van der Waals surface area contributed by atoms with E-state index in [1.165, 1.54) is 12.1 Å². The van der Waals surface area contributed by atoms with Crippen molar-refractivity contribution in [2.75, 3.05) is 31.2 Å². The van der Waals surface area contributed by atoms with Gasteiger partial charge in [0.15, 0.2) is 22.8 Å². The predicted octanol–water partition coefficient (Wildman–Crippen LogP) is 3.33. The summed E-state index contributed by atoms with van der Waals surface area (Å²) < 4.78 is 43.2. The van der Waals surface area contributed by atoms with Gasteiger partial charge in [-0.25, -0.2) is 4.98 Å². The van der Waals surface area contributed by atoms with Crippen molar-refractivity contribution in [3.8, 4) is 23.3 Å². The first kappa shape index (κ1) is 20.5. The van der Waals surface area contributed by atoms with Gasteiger partial charge < -0.3 is 19.1 Å². The summed E-state index contributed by atoms with van der Waals surface area (Å²) in [6, 6.07) is 4.41. The monoisotopic (exact) mass is 478 g/mol. The fourth-order valence-electron chi connectivity index (χ4n) is 5.13. The van der Waals surface area contributed by atoms with Crippen LogP contribution >= 0.6 is 0 Å². The molecule has 3 aliphatic heterocycles. The van der Waals surface area contributed by atoms with Crippen molar-refractivity contribution in [1.29, 1.82) is 0 Å². The molecule has 35 heavy (non-hydrogen) atoms. The van der Waals surface area contributed by atoms with E-state index >= 15 is 0 Å². The van der Waals surface area contributed by atoms with Gasteiger partial charge in [-0.15, -0.1) is 8.78 Å². The standard InChI is InChI=1S/C24H20F2N6O3/c25-24(26)34-17-4-2-15(13-18(17)35-24)1-3-16-19-20(30-29-16)28-22(32-11-8-27-21(19)32)31-9-5-23(6-10-31)7-12-33-14-23/h2,4,8,11,13H,5-7,9-10,12,14H2,(H,29,30). The minimum atomic E-state index is -3.66. The number of alkyl halides is 2. The van der Waals surface area contributed by atoms with Gasteiger partial charge in [-0.3, -0.25) is 9.50 Å². The number of hydrogen-bond donors (Lipinski definition) is 1. The molecule has 9 nitrogen and oxygen atoms in total. The van der Waals surface area contributed by atoms with Gasteiger partial charge in [0, 0.05) is 43.7 Å². The minimum Gasteiger partial charge on any atom is -0.395 e. The van der Waals surface area contributed by atoms with Crippen molar-refractivity contribution in [1.82, 2.24) is 24.6 Å². The molecule has 0 aliphatic carbocycles. The van der Waals surface area contributed by atoms with E-state index in [2.05, 4.69) is 41.4 Å². The SMILES string of the molecule is FC1(F)Oc2ccc(C#Cc3n[nH]c4nc(N5CCC6(CCOC6)CC5)n5ccnc5c34)cc2O1. The summed E-state index contributed by atoms with van der Waals surface area (Å²) >= 11 is 0. The molecule has 0 saturated carbocycles. The number of fused-ring (bicyclic) bond motifs is 4. The molecule has 4 aromatic rings. The highest BCUT2D eigenvalue weighted by Gasteiger charge is 2.43. The highest BCUT2D eigenvalue weighted by Crippen LogP contribution is 2.42. The Kier molecular flexibility index (Phi) is 4.26. The highest BCUT2D eigenvalue weighted by atomic mass is 19.3. The lowest BCUT2D eigenvalue weighted by Crippen LogP contribution is -2.41. The van der Waals surface area contributed by atoms with Crippen LogP contribution in [-0.2, 0) is 4.74 Å². The molecule has 0 atom stereocenters. The third kappa shape index (κ3) is 3.36. The van der Waals surface area contributed by atoms with Crippen LogP contribution in [0, 0.1) is 17.3 Å². The quantitative estimate of drug-likeness (QED) is 0.420. The van der Waals surface area contributed by atoms with Gasteiger partial charge >= 0.3 is 6.29 Å². The van der Waals surface area contributed by atoms with Crippen LogP contribution < -0.4 is 14.4 Å². The number of rotatable bonds is 1. The Morgan fingerprint density at radius 2 is 1.91 bits per heavy atom. The van der Waals surface area contributed by atoms with Crippen LogP contribution in [0.3, 0.4) is 0 Å². The van der Waals surface area contributed by atoms with E-state index in [-0.39, 0.29) is 11.5 Å². The maximum Gasteiger partial charge on any atom is 0.586 e. The van der Waals surface area contributed by atoms with Crippen molar-refractivity contribution in [3.05, 3.63) is 41.9 Å². The molecule has 0 amide bonds.